The van der Waals surface area contributed by atoms with Crippen molar-refractivity contribution in [3.05, 3.63) is 11.8 Å². The minimum Gasteiger partial charge on any atom is -0.371 e. The number of nitrogens with two attached hydrogens (primary N) is 1. The summed E-state index contributed by atoms with van der Waals surface area (Å²) < 4.78 is 11.9. The molecule has 1 aromatic rings. The molecule has 1 aromatic heterocycles. The molecule has 5 heterocycles. The van der Waals surface area contributed by atoms with E-state index >= 15 is 0 Å². The average Bonchev–Trinajstić information content (AvgIpc) is 3.14. The molecule has 2 N–H and O–H groups in total. The molecule has 24 heavy (non-hydrogen) atoms. The molecule has 4 fully saturated rings. The van der Waals surface area contributed by atoms with Crippen molar-refractivity contribution in [2.45, 2.75) is 56.6 Å². The molecule has 4 atom stereocenters. The molecule has 0 aromatic carbocycles. The van der Waals surface area contributed by atoms with Crippen LogP contribution in [0.3, 0.4) is 0 Å². The van der Waals surface area contributed by atoms with Crippen LogP contribution in [0.2, 0.25) is 0 Å². The molecule has 0 saturated carbocycles. The van der Waals surface area contributed by atoms with Crippen molar-refractivity contribution in [2.24, 2.45) is 5.73 Å². The zero-order valence-electron chi connectivity index (χ0n) is 13.9. The molecule has 0 radical (unpaired) electrons. The quantitative estimate of drug-likeness (QED) is 0.872. The zero-order chi connectivity index (χ0) is 16.1. The number of hydrogen-bond acceptors (Lipinski definition) is 7. The number of hydrogen-bond donors (Lipinski definition) is 1. The normalized spacial score (nSPS) is 34.9. The Morgan fingerprint density at radius 1 is 0.875 bits per heavy atom. The number of aromatic nitrogens is 2. The van der Waals surface area contributed by atoms with Crippen molar-refractivity contribution >= 4 is 11.5 Å². The van der Waals surface area contributed by atoms with Crippen LogP contribution in [0.4, 0.5) is 11.5 Å². The smallest absolute Gasteiger partial charge is 0.153 e. The molecular weight excluding hydrogens is 306 g/mol. The Hall–Kier alpha value is -1.44. The first kappa shape index (κ1) is 14.9. The van der Waals surface area contributed by atoms with Gasteiger partial charge in [0.15, 0.2) is 5.82 Å². The number of nitrogens with zero attached hydrogens (tertiary/aromatic N) is 4. The van der Waals surface area contributed by atoms with Crippen LogP contribution in [0.25, 0.3) is 0 Å². The van der Waals surface area contributed by atoms with Gasteiger partial charge in [-0.2, -0.15) is 0 Å². The van der Waals surface area contributed by atoms with E-state index in [4.69, 9.17) is 15.2 Å². The first-order chi connectivity index (χ1) is 11.8. The topological polar surface area (TPSA) is 76.7 Å². The highest BCUT2D eigenvalue weighted by Crippen LogP contribution is 2.34. The van der Waals surface area contributed by atoms with Crippen molar-refractivity contribution in [3.63, 3.8) is 0 Å². The molecule has 0 amide bonds. The predicted octanol–water partition coefficient (Wildman–Crippen LogP) is 0.671. The van der Waals surface area contributed by atoms with E-state index in [1.165, 1.54) is 0 Å². The summed E-state index contributed by atoms with van der Waals surface area (Å²) in [7, 11) is 0. The van der Waals surface area contributed by atoms with Crippen molar-refractivity contribution < 1.29 is 9.47 Å². The Kier molecular flexibility index (Phi) is 3.61. The number of morpholine rings is 2. The van der Waals surface area contributed by atoms with Crippen molar-refractivity contribution in [1.29, 1.82) is 0 Å². The fraction of sp³-hybridized carbons (Fsp3) is 0.765. The fourth-order valence-electron chi connectivity index (χ4n) is 4.58. The maximum absolute atomic E-state index is 5.97. The fourth-order valence-corrected chi connectivity index (χ4v) is 4.58. The Labute approximate surface area is 142 Å². The highest BCUT2D eigenvalue weighted by molar-refractivity contribution is 5.58. The molecular formula is C17H25N5O2. The van der Waals surface area contributed by atoms with Crippen molar-refractivity contribution in [1.82, 2.24) is 10.2 Å². The third-order valence-corrected chi connectivity index (χ3v) is 5.78. The predicted molar refractivity (Wildman–Crippen MR) is 90.1 cm³/mol. The van der Waals surface area contributed by atoms with Crippen molar-refractivity contribution in [2.75, 3.05) is 36.0 Å². The number of ether oxygens (including phenoxy) is 2. The summed E-state index contributed by atoms with van der Waals surface area (Å²) in [5.41, 5.74) is 7.96. The summed E-state index contributed by atoms with van der Waals surface area (Å²) in [6.45, 7) is 4.12. The molecule has 0 aliphatic carbocycles. The molecule has 7 nitrogen and oxygen atoms in total. The molecule has 0 spiro atoms. The number of fused-ring (bicyclic) bond motifs is 4. The van der Waals surface area contributed by atoms with Gasteiger partial charge in [-0.25, -0.2) is 0 Å². The average molecular weight is 331 g/mol. The van der Waals surface area contributed by atoms with Crippen LogP contribution in [0, 0.1) is 0 Å². The second-order valence-corrected chi connectivity index (χ2v) is 7.46. The molecule has 4 aliphatic heterocycles. The van der Waals surface area contributed by atoms with E-state index in [1.807, 2.05) is 0 Å². The Bertz CT molecular complexity index is 603. The Morgan fingerprint density at radius 3 is 1.96 bits per heavy atom. The van der Waals surface area contributed by atoms with E-state index in [0.29, 0.717) is 31.0 Å². The monoisotopic (exact) mass is 331 g/mol. The summed E-state index contributed by atoms with van der Waals surface area (Å²) in [6.07, 6.45) is 6.05. The van der Waals surface area contributed by atoms with Crippen LogP contribution in [0.5, 0.6) is 0 Å². The third kappa shape index (κ3) is 2.55. The van der Waals surface area contributed by atoms with Gasteiger partial charge in [-0.05, 0) is 25.7 Å². The van der Waals surface area contributed by atoms with E-state index in [2.05, 4.69) is 26.1 Å². The largest absolute Gasteiger partial charge is 0.371 e. The van der Waals surface area contributed by atoms with Gasteiger partial charge < -0.3 is 25.0 Å². The van der Waals surface area contributed by atoms with Gasteiger partial charge in [-0.3, -0.25) is 0 Å². The van der Waals surface area contributed by atoms with Gasteiger partial charge in [0, 0.05) is 38.8 Å². The van der Waals surface area contributed by atoms with E-state index < -0.39 is 0 Å². The van der Waals surface area contributed by atoms with E-state index in [0.717, 1.165) is 69.1 Å². The first-order valence-corrected chi connectivity index (χ1v) is 9.16. The Morgan fingerprint density at radius 2 is 1.42 bits per heavy atom. The SMILES string of the molecule is NCc1nnc(N2CC3CCC(C2)O3)cc1N1CC2CCC(C1)O2. The molecule has 5 rings (SSSR count). The molecule has 130 valence electrons. The van der Waals surface area contributed by atoms with E-state index in [1.54, 1.807) is 0 Å². The second-order valence-electron chi connectivity index (χ2n) is 7.46. The summed E-state index contributed by atoms with van der Waals surface area (Å²) >= 11 is 0. The minimum atomic E-state index is 0.349. The number of anilines is 2. The summed E-state index contributed by atoms with van der Waals surface area (Å²) in [5.74, 6) is 0.959. The molecule has 4 unspecified atom stereocenters. The van der Waals surface area contributed by atoms with Gasteiger partial charge in [0.05, 0.1) is 30.1 Å². The van der Waals surface area contributed by atoms with Crippen LogP contribution in [0.15, 0.2) is 6.07 Å². The molecule has 4 saturated heterocycles. The zero-order valence-corrected chi connectivity index (χ0v) is 13.9. The first-order valence-electron chi connectivity index (χ1n) is 9.16. The third-order valence-electron chi connectivity index (χ3n) is 5.78. The van der Waals surface area contributed by atoms with E-state index in [9.17, 15) is 0 Å². The highest BCUT2D eigenvalue weighted by Gasteiger charge is 2.36. The van der Waals surface area contributed by atoms with Gasteiger partial charge in [0.25, 0.3) is 0 Å². The maximum atomic E-state index is 5.97. The van der Waals surface area contributed by atoms with Crippen LogP contribution < -0.4 is 15.5 Å². The standard InChI is InChI=1S/C17H25N5O2/c18-6-15-16(21-7-11-1-2-12(8-21)23-11)5-17(20-19-15)22-9-13-3-4-14(10-22)24-13/h5,11-14H,1-4,6-10,18H2. The Balaban J connectivity index is 1.43. The highest BCUT2D eigenvalue weighted by atomic mass is 16.5. The number of rotatable bonds is 3. The summed E-state index contributed by atoms with van der Waals surface area (Å²) in [4.78, 5) is 4.74. The molecule has 7 heteroatoms. The van der Waals surface area contributed by atoms with Gasteiger partial charge in [-0.1, -0.05) is 0 Å². The minimum absolute atomic E-state index is 0.349. The van der Waals surface area contributed by atoms with E-state index in [-0.39, 0.29) is 0 Å². The molecule has 4 bridgehead atoms. The second kappa shape index (κ2) is 5.82. The summed E-state index contributed by atoms with van der Waals surface area (Å²) in [5, 5.41) is 8.91. The van der Waals surface area contributed by atoms with Gasteiger partial charge in [-0.15, -0.1) is 10.2 Å². The lowest BCUT2D eigenvalue weighted by molar-refractivity contribution is 0.0299. The van der Waals surface area contributed by atoms with Crippen LogP contribution >= 0.6 is 0 Å². The van der Waals surface area contributed by atoms with Crippen LogP contribution in [0.1, 0.15) is 31.4 Å². The lowest BCUT2D eigenvalue weighted by atomic mass is 10.2. The van der Waals surface area contributed by atoms with Gasteiger partial charge >= 0.3 is 0 Å². The van der Waals surface area contributed by atoms with Gasteiger partial charge in [0.2, 0.25) is 0 Å². The summed E-state index contributed by atoms with van der Waals surface area (Å²) in [6, 6.07) is 2.19. The van der Waals surface area contributed by atoms with Crippen molar-refractivity contribution in [3.8, 4) is 0 Å². The van der Waals surface area contributed by atoms with Crippen LogP contribution in [-0.4, -0.2) is 60.8 Å². The van der Waals surface area contributed by atoms with Gasteiger partial charge in [0.1, 0.15) is 5.69 Å². The maximum Gasteiger partial charge on any atom is 0.153 e. The lowest BCUT2D eigenvalue weighted by Crippen LogP contribution is -2.44. The lowest BCUT2D eigenvalue weighted by Gasteiger charge is -2.36. The van der Waals surface area contributed by atoms with Crippen LogP contribution in [-0.2, 0) is 16.0 Å². The molecule has 4 aliphatic rings.